The molecule has 1 aliphatic heterocycles. The molecule has 0 atom stereocenters. The summed E-state index contributed by atoms with van der Waals surface area (Å²) in [5.41, 5.74) is 14.5. The van der Waals surface area contributed by atoms with Gasteiger partial charge in [0.2, 0.25) is 0 Å². The molecule has 0 unspecified atom stereocenters. The lowest BCUT2D eigenvalue weighted by Crippen LogP contribution is -2.30. The van der Waals surface area contributed by atoms with Crippen molar-refractivity contribution in [2.75, 3.05) is 4.90 Å². The van der Waals surface area contributed by atoms with Crippen molar-refractivity contribution in [3.8, 4) is 0 Å². The van der Waals surface area contributed by atoms with Gasteiger partial charge >= 0.3 is 0 Å². The lowest BCUT2D eigenvalue weighted by atomic mass is 9.65. The average Bonchev–Trinajstić information content (AvgIpc) is 2.75. The first kappa shape index (κ1) is 14.7. The summed E-state index contributed by atoms with van der Waals surface area (Å²) in [6.45, 7) is 0. The van der Waals surface area contributed by atoms with Crippen molar-refractivity contribution in [1.29, 1.82) is 0 Å². The molecule has 1 nitrogen and oxygen atoms in total. The van der Waals surface area contributed by atoms with E-state index < -0.39 is 0 Å². The number of para-hydroxylation sites is 1. The van der Waals surface area contributed by atoms with Gasteiger partial charge in [0.25, 0.3) is 0 Å². The molecule has 132 valence electrons. The summed E-state index contributed by atoms with van der Waals surface area (Å²) in [7, 11) is 0. The molecular formula is C27H19N. The molecular weight excluding hydrogens is 338 g/mol. The van der Waals surface area contributed by atoms with Gasteiger partial charge in [-0.3, -0.25) is 0 Å². The van der Waals surface area contributed by atoms with Gasteiger partial charge in [-0.1, -0.05) is 60.7 Å². The summed E-state index contributed by atoms with van der Waals surface area (Å²) in [5.74, 6) is 0.381. The summed E-state index contributed by atoms with van der Waals surface area (Å²) in [5, 5.41) is 0. The van der Waals surface area contributed by atoms with Gasteiger partial charge < -0.3 is 4.90 Å². The Morgan fingerprint density at radius 3 is 1.57 bits per heavy atom. The predicted octanol–water partition coefficient (Wildman–Crippen LogP) is 6.46. The third-order valence-corrected chi connectivity index (χ3v) is 6.76. The second-order valence-electron chi connectivity index (χ2n) is 8.15. The minimum absolute atomic E-state index is 0.381. The maximum atomic E-state index is 2.48. The second kappa shape index (κ2) is 5.14. The lowest BCUT2D eigenvalue weighted by molar-refractivity contribution is 0.808. The standard InChI is InChI=1S/C27H19N/c1-2-11-21(12-3-1)28-22-13-5-9-19-15-17-7-4-8-18-16-20-10-6-14-23(28)26(20)27(24(17)18)25(19)22/h1-14,27H,15-16H2. The van der Waals surface area contributed by atoms with Gasteiger partial charge in [-0.25, -0.2) is 0 Å². The Kier molecular flexibility index (Phi) is 2.70. The van der Waals surface area contributed by atoms with E-state index in [1.807, 2.05) is 0 Å². The predicted molar refractivity (Wildman–Crippen MR) is 114 cm³/mol. The van der Waals surface area contributed by atoms with E-state index in [0.29, 0.717) is 5.92 Å². The molecule has 7 rings (SSSR count). The Morgan fingerprint density at radius 2 is 1.00 bits per heavy atom. The van der Waals surface area contributed by atoms with Crippen molar-refractivity contribution < 1.29 is 0 Å². The van der Waals surface area contributed by atoms with Crippen LogP contribution in [0.5, 0.6) is 0 Å². The van der Waals surface area contributed by atoms with Gasteiger partial charge in [-0.15, -0.1) is 0 Å². The van der Waals surface area contributed by atoms with Crippen LogP contribution in [0.4, 0.5) is 17.1 Å². The van der Waals surface area contributed by atoms with E-state index in [1.165, 1.54) is 50.4 Å². The first-order chi connectivity index (χ1) is 13.9. The Bertz CT molecular complexity index is 1190. The monoisotopic (exact) mass is 357 g/mol. The Hall–Kier alpha value is -3.32. The SMILES string of the molecule is c1ccc(N2c3cccc4c3C3c5c(cccc5Cc5cccc2c53)C4)cc1. The molecule has 4 aromatic carbocycles. The number of anilines is 3. The zero-order chi connectivity index (χ0) is 18.2. The maximum Gasteiger partial charge on any atom is 0.0506 e. The fourth-order valence-electron chi connectivity index (χ4n) is 5.74. The van der Waals surface area contributed by atoms with E-state index in [9.17, 15) is 0 Å². The molecule has 0 saturated carbocycles. The molecule has 0 N–H and O–H groups in total. The highest BCUT2D eigenvalue weighted by Crippen LogP contribution is 2.58. The van der Waals surface area contributed by atoms with Gasteiger partial charge in [0.1, 0.15) is 0 Å². The highest BCUT2D eigenvalue weighted by atomic mass is 15.2. The number of rotatable bonds is 1. The third-order valence-electron chi connectivity index (χ3n) is 6.76. The van der Waals surface area contributed by atoms with Gasteiger partial charge in [-0.2, -0.15) is 0 Å². The zero-order valence-corrected chi connectivity index (χ0v) is 15.5. The lowest BCUT2D eigenvalue weighted by Gasteiger charge is -2.45. The Balaban J connectivity index is 1.63. The summed E-state index contributed by atoms with van der Waals surface area (Å²) in [4.78, 5) is 2.48. The van der Waals surface area contributed by atoms with Crippen molar-refractivity contribution in [1.82, 2.24) is 0 Å². The highest BCUT2D eigenvalue weighted by Gasteiger charge is 2.41. The van der Waals surface area contributed by atoms with Crippen molar-refractivity contribution in [3.05, 3.63) is 124 Å². The van der Waals surface area contributed by atoms with Crippen LogP contribution in [0.25, 0.3) is 0 Å². The number of nitrogens with zero attached hydrogens (tertiary/aromatic N) is 1. The van der Waals surface area contributed by atoms with Crippen LogP contribution in [0.3, 0.4) is 0 Å². The first-order valence-corrected chi connectivity index (χ1v) is 10.1. The van der Waals surface area contributed by atoms with E-state index in [-0.39, 0.29) is 0 Å². The molecule has 3 aliphatic rings. The Morgan fingerprint density at radius 1 is 0.500 bits per heavy atom. The molecule has 28 heavy (non-hydrogen) atoms. The highest BCUT2D eigenvalue weighted by molar-refractivity contribution is 5.89. The minimum atomic E-state index is 0.381. The number of benzene rings is 4. The van der Waals surface area contributed by atoms with Crippen molar-refractivity contribution in [2.24, 2.45) is 0 Å². The molecule has 0 saturated heterocycles. The van der Waals surface area contributed by atoms with E-state index in [4.69, 9.17) is 0 Å². The van der Waals surface area contributed by atoms with Gasteiger partial charge in [-0.05, 0) is 76.1 Å². The van der Waals surface area contributed by atoms with Crippen molar-refractivity contribution >= 4 is 17.1 Å². The molecule has 4 aromatic rings. The largest absolute Gasteiger partial charge is 0.310 e. The van der Waals surface area contributed by atoms with Gasteiger partial charge in [0, 0.05) is 11.6 Å². The second-order valence-corrected chi connectivity index (χ2v) is 8.15. The minimum Gasteiger partial charge on any atom is -0.310 e. The van der Waals surface area contributed by atoms with Crippen molar-refractivity contribution in [2.45, 2.75) is 18.8 Å². The molecule has 0 fully saturated rings. The van der Waals surface area contributed by atoms with Crippen LogP contribution in [-0.4, -0.2) is 0 Å². The number of hydrogen-bond acceptors (Lipinski definition) is 1. The molecule has 1 heterocycles. The van der Waals surface area contributed by atoms with Crippen LogP contribution in [0.1, 0.15) is 44.9 Å². The van der Waals surface area contributed by atoms with Crippen LogP contribution in [-0.2, 0) is 12.8 Å². The third kappa shape index (κ3) is 1.72. The first-order valence-electron chi connectivity index (χ1n) is 10.1. The molecule has 0 aromatic heterocycles. The molecule has 0 bridgehead atoms. The zero-order valence-electron chi connectivity index (χ0n) is 15.5. The summed E-state index contributed by atoms with van der Waals surface area (Å²) >= 11 is 0. The summed E-state index contributed by atoms with van der Waals surface area (Å²) < 4.78 is 0. The van der Waals surface area contributed by atoms with E-state index >= 15 is 0 Å². The van der Waals surface area contributed by atoms with Crippen LogP contribution in [0.15, 0.2) is 84.9 Å². The van der Waals surface area contributed by atoms with E-state index in [1.54, 1.807) is 5.56 Å². The quantitative estimate of drug-likeness (QED) is 0.326. The van der Waals surface area contributed by atoms with Crippen LogP contribution < -0.4 is 4.90 Å². The van der Waals surface area contributed by atoms with Crippen LogP contribution >= 0.6 is 0 Å². The summed E-state index contributed by atoms with van der Waals surface area (Å²) in [6.07, 6.45) is 2.09. The molecule has 2 aliphatic carbocycles. The summed E-state index contributed by atoms with van der Waals surface area (Å²) in [6, 6.07) is 31.5. The van der Waals surface area contributed by atoms with Crippen LogP contribution in [0, 0.1) is 0 Å². The van der Waals surface area contributed by atoms with E-state index in [0.717, 1.165) is 12.8 Å². The molecule has 1 heteroatoms. The fraction of sp³-hybridized carbons (Fsp3) is 0.111. The van der Waals surface area contributed by atoms with E-state index in [2.05, 4.69) is 89.8 Å². The van der Waals surface area contributed by atoms with Gasteiger partial charge in [0.05, 0.1) is 11.4 Å². The van der Waals surface area contributed by atoms with Crippen molar-refractivity contribution in [3.63, 3.8) is 0 Å². The maximum absolute atomic E-state index is 2.48. The normalized spacial score (nSPS) is 15.4. The molecule has 0 radical (unpaired) electrons. The topological polar surface area (TPSA) is 3.24 Å². The molecule has 0 spiro atoms. The van der Waals surface area contributed by atoms with Crippen LogP contribution in [0.2, 0.25) is 0 Å². The smallest absolute Gasteiger partial charge is 0.0506 e. The Labute approximate surface area is 164 Å². The number of hydrogen-bond donors (Lipinski definition) is 0. The molecule has 0 amide bonds. The average molecular weight is 357 g/mol. The fourth-order valence-corrected chi connectivity index (χ4v) is 5.74. The van der Waals surface area contributed by atoms with Gasteiger partial charge in [0.15, 0.2) is 0 Å².